The van der Waals surface area contributed by atoms with Crippen molar-refractivity contribution in [2.75, 3.05) is 36.5 Å². The van der Waals surface area contributed by atoms with Crippen LogP contribution < -0.4 is 9.80 Å². The molecule has 4 aromatic carbocycles. The second kappa shape index (κ2) is 11.7. The number of carbonyl (C=O) groups is 3. The molecule has 9 heteroatoms. The van der Waals surface area contributed by atoms with Gasteiger partial charge in [-0.15, -0.1) is 0 Å². The Morgan fingerprint density at radius 3 is 1.98 bits per heavy atom. The molecule has 0 unspecified atom stereocenters. The molecule has 216 valence electrons. The molecule has 1 atom stereocenters. The summed E-state index contributed by atoms with van der Waals surface area (Å²) in [6.45, 7) is 0.0162. The van der Waals surface area contributed by atoms with Crippen LogP contribution >= 0.6 is 0 Å². The van der Waals surface area contributed by atoms with E-state index in [9.17, 15) is 19.5 Å². The number of carbonyl (C=O) groups excluding carboxylic acids is 2. The van der Waals surface area contributed by atoms with E-state index in [1.807, 2.05) is 115 Å². The average molecular weight is 575 g/mol. The van der Waals surface area contributed by atoms with Crippen LogP contribution in [0.1, 0.15) is 11.1 Å². The lowest BCUT2D eigenvalue weighted by Gasteiger charge is -2.42. The summed E-state index contributed by atoms with van der Waals surface area (Å²) in [7, 11) is 1.58. The van der Waals surface area contributed by atoms with Gasteiger partial charge in [-0.25, -0.2) is 14.4 Å². The normalized spacial score (nSPS) is 15.9. The zero-order valence-electron chi connectivity index (χ0n) is 23.5. The van der Waals surface area contributed by atoms with Gasteiger partial charge in [0, 0.05) is 24.2 Å². The molecule has 6 rings (SSSR count). The molecule has 2 aliphatic rings. The topological polar surface area (TPSA) is 93.6 Å². The predicted octanol–water partition coefficient (Wildman–Crippen LogP) is 6.43. The van der Waals surface area contributed by atoms with Crippen molar-refractivity contribution in [3.8, 4) is 0 Å². The van der Waals surface area contributed by atoms with E-state index in [2.05, 4.69) is 0 Å². The summed E-state index contributed by atoms with van der Waals surface area (Å²) in [4.78, 5) is 47.1. The maximum absolute atomic E-state index is 14.4. The summed E-state index contributed by atoms with van der Waals surface area (Å²) in [6, 6.07) is 31.1. The average Bonchev–Trinajstić information content (AvgIpc) is 3.19. The number of benzene rings is 4. The van der Waals surface area contributed by atoms with Crippen molar-refractivity contribution in [2.24, 2.45) is 0 Å². The first-order valence-electron chi connectivity index (χ1n) is 13.9. The molecule has 0 bridgehead atoms. The Morgan fingerprint density at radius 2 is 1.35 bits per heavy atom. The Bertz CT molecular complexity index is 1650. The van der Waals surface area contributed by atoms with Crippen molar-refractivity contribution in [1.29, 1.82) is 0 Å². The number of hydrogen-bond acceptors (Lipinski definition) is 4. The zero-order valence-corrected chi connectivity index (χ0v) is 23.5. The number of urea groups is 2. The lowest BCUT2D eigenvalue weighted by atomic mass is 10.1. The number of amides is 4. The Hall–Kier alpha value is -5.57. The highest BCUT2D eigenvalue weighted by Gasteiger charge is 2.42. The van der Waals surface area contributed by atoms with Crippen molar-refractivity contribution in [3.63, 3.8) is 0 Å². The number of rotatable bonds is 4. The van der Waals surface area contributed by atoms with E-state index < -0.39 is 18.0 Å². The maximum atomic E-state index is 14.4. The van der Waals surface area contributed by atoms with E-state index in [4.69, 9.17) is 4.74 Å². The Morgan fingerprint density at radius 1 is 0.767 bits per heavy atom. The number of nitrogens with zero attached hydrogens (tertiary/aromatic N) is 4. The molecule has 1 N–H and O–H groups in total. The standard InChI is InChI=1S/C34H30N4O5/c1-43-31-22-24-12-8-10-18-28(24)38(29-19-11-9-17-27(29)31)34(42)36-21-20-35(23-30(36)32(39)40)33(41)37(25-13-4-2-5-14-25)26-15-6-3-7-16-26/h2-19,22,30H,20-21,23H2,1H3,(H,39,40)/t30-/m0/s1. The van der Waals surface area contributed by atoms with Crippen LogP contribution in [0.25, 0.3) is 11.8 Å². The number of methoxy groups -OCH3 is 1. The van der Waals surface area contributed by atoms with Crippen LogP contribution in [-0.4, -0.2) is 65.7 Å². The fourth-order valence-corrected chi connectivity index (χ4v) is 5.60. The van der Waals surface area contributed by atoms with Gasteiger partial charge in [0.2, 0.25) is 0 Å². The predicted molar refractivity (Wildman–Crippen MR) is 165 cm³/mol. The molecule has 0 spiro atoms. The summed E-state index contributed by atoms with van der Waals surface area (Å²) in [5.41, 5.74) is 3.95. The quantitative estimate of drug-likeness (QED) is 0.303. The lowest BCUT2D eigenvalue weighted by Crippen LogP contribution is -2.62. The molecule has 4 aromatic rings. The van der Waals surface area contributed by atoms with E-state index in [0.29, 0.717) is 34.1 Å². The Labute approximate surface area is 249 Å². The number of hydrogen-bond donors (Lipinski definition) is 1. The molecule has 4 amide bonds. The SMILES string of the molecule is COC1=Cc2ccccc2N(C(=O)N2CCN(C(=O)N(c3ccccc3)c3ccccc3)C[C@H]2C(=O)O)c2ccccc21. The van der Waals surface area contributed by atoms with Gasteiger partial charge in [0.1, 0.15) is 11.8 Å². The minimum atomic E-state index is -1.27. The van der Waals surface area contributed by atoms with E-state index in [-0.39, 0.29) is 25.7 Å². The van der Waals surface area contributed by atoms with Crippen LogP contribution in [0.4, 0.5) is 32.3 Å². The largest absolute Gasteiger partial charge is 0.496 e. The van der Waals surface area contributed by atoms with Gasteiger partial charge in [-0.1, -0.05) is 66.7 Å². The van der Waals surface area contributed by atoms with Gasteiger partial charge in [0.15, 0.2) is 0 Å². The van der Waals surface area contributed by atoms with Gasteiger partial charge in [0.05, 0.1) is 36.4 Å². The molecule has 43 heavy (non-hydrogen) atoms. The molecule has 0 saturated carbocycles. The lowest BCUT2D eigenvalue weighted by molar-refractivity contribution is -0.143. The van der Waals surface area contributed by atoms with Crippen molar-refractivity contribution >= 4 is 52.6 Å². The molecule has 0 aliphatic carbocycles. The minimum Gasteiger partial charge on any atom is -0.496 e. The van der Waals surface area contributed by atoms with Gasteiger partial charge in [-0.05, 0) is 48.5 Å². The van der Waals surface area contributed by atoms with Crippen LogP contribution in [0.15, 0.2) is 109 Å². The zero-order chi connectivity index (χ0) is 29.9. The third-order valence-corrected chi connectivity index (χ3v) is 7.69. The number of piperazine rings is 1. The monoisotopic (exact) mass is 574 g/mol. The second-order valence-corrected chi connectivity index (χ2v) is 10.2. The van der Waals surface area contributed by atoms with Crippen LogP contribution in [0.2, 0.25) is 0 Å². The smallest absolute Gasteiger partial charge is 0.330 e. The van der Waals surface area contributed by atoms with Gasteiger partial charge in [-0.3, -0.25) is 9.80 Å². The molecule has 9 nitrogen and oxygen atoms in total. The van der Waals surface area contributed by atoms with Crippen LogP contribution in [-0.2, 0) is 9.53 Å². The number of para-hydroxylation sites is 4. The summed E-state index contributed by atoms with van der Waals surface area (Å²) < 4.78 is 5.69. The van der Waals surface area contributed by atoms with E-state index in [1.165, 1.54) is 9.80 Å². The highest BCUT2D eigenvalue weighted by Crippen LogP contribution is 2.41. The highest BCUT2D eigenvalue weighted by atomic mass is 16.5. The molecular weight excluding hydrogens is 544 g/mol. The fraction of sp³-hybridized carbons (Fsp3) is 0.147. The van der Waals surface area contributed by atoms with Gasteiger partial charge < -0.3 is 19.6 Å². The highest BCUT2D eigenvalue weighted by molar-refractivity contribution is 6.08. The van der Waals surface area contributed by atoms with Crippen LogP contribution in [0.3, 0.4) is 0 Å². The molecule has 0 radical (unpaired) electrons. The van der Waals surface area contributed by atoms with Crippen molar-refractivity contribution in [2.45, 2.75) is 6.04 Å². The van der Waals surface area contributed by atoms with Crippen molar-refractivity contribution < 1.29 is 24.2 Å². The Balaban J connectivity index is 1.34. The maximum Gasteiger partial charge on any atom is 0.330 e. The third kappa shape index (κ3) is 5.17. The summed E-state index contributed by atoms with van der Waals surface area (Å²) >= 11 is 0. The van der Waals surface area contributed by atoms with E-state index >= 15 is 0 Å². The molecule has 1 saturated heterocycles. The first-order chi connectivity index (χ1) is 21.0. The van der Waals surface area contributed by atoms with Gasteiger partial charge in [0.25, 0.3) is 0 Å². The molecule has 2 heterocycles. The minimum absolute atomic E-state index is 0.0321. The number of anilines is 4. The number of aliphatic carboxylic acids is 1. The van der Waals surface area contributed by atoms with Gasteiger partial charge in [-0.2, -0.15) is 0 Å². The number of carboxylic acid groups (broad SMARTS) is 1. The summed E-state index contributed by atoms with van der Waals surface area (Å²) in [5, 5.41) is 10.4. The number of ether oxygens (including phenoxy) is 1. The first kappa shape index (κ1) is 27.6. The van der Waals surface area contributed by atoms with Crippen LogP contribution in [0, 0.1) is 0 Å². The number of carboxylic acids is 1. The Kier molecular flexibility index (Phi) is 7.53. The third-order valence-electron chi connectivity index (χ3n) is 7.69. The fourth-order valence-electron chi connectivity index (χ4n) is 5.60. The van der Waals surface area contributed by atoms with Crippen LogP contribution in [0.5, 0.6) is 0 Å². The van der Waals surface area contributed by atoms with E-state index in [1.54, 1.807) is 16.9 Å². The molecule has 0 aromatic heterocycles. The molecule has 1 fully saturated rings. The van der Waals surface area contributed by atoms with E-state index in [0.717, 1.165) is 5.56 Å². The molecular formula is C34H30N4O5. The summed E-state index contributed by atoms with van der Waals surface area (Å²) in [6.07, 6.45) is 1.87. The summed E-state index contributed by atoms with van der Waals surface area (Å²) in [5.74, 6) is -0.602. The molecule has 2 aliphatic heterocycles. The first-order valence-corrected chi connectivity index (χ1v) is 13.9. The van der Waals surface area contributed by atoms with Crippen molar-refractivity contribution in [1.82, 2.24) is 9.80 Å². The van der Waals surface area contributed by atoms with Gasteiger partial charge >= 0.3 is 18.0 Å². The number of fused-ring (bicyclic) bond motifs is 2. The second-order valence-electron chi connectivity index (χ2n) is 10.2. The van der Waals surface area contributed by atoms with Crippen molar-refractivity contribution in [3.05, 3.63) is 120 Å².